The van der Waals surface area contributed by atoms with E-state index in [9.17, 15) is 5.02 Å². The van der Waals surface area contributed by atoms with Gasteiger partial charge in [-0.1, -0.05) is 12.1 Å². The zero-order chi connectivity index (χ0) is 12.0. The topological polar surface area (TPSA) is 58.7 Å². The summed E-state index contributed by atoms with van der Waals surface area (Å²) in [5, 5.41) is 9.73. The highest BCUT2D eigenvalue weighted by Crippen LogP contribution is 2.45. The number of hydrogen-bond donors (Lipinski definition) is 2. The predicted molar refractivity (Wildman–Crippen MR) is 67.4 cm³/mol. The first-order chi connectivity index (χ1) is 8.11. The number of benzene rings is 1. The van der Waals surface area contributed by atoms with E-state index in [1.807, 2.05) is 31.1 Å². The van der Waals surface area contributed by atoms with E-state index in [2.05, 4.69) is 4.81 Å². The molecule has 90 valence electrons. The van der Waals surface area contributed by atoms with Crippen LogP contribution < -0.4 is 5.73 Å². The van der Waals surface area contributed by atoms with Crippen molar-refractivity contribution in [2.75, 3.05) is 18.9 Å². The Morgan fingerprint density at radius 2 is 2.18 bits per heavy atom. The van der Waals surface area contributed by atoms with Gasteiger partial charge in [0, 0.05) is 18.3 Å². The highest BCUT2D eigenvalue weighted by atomic mass is 16.5. The Bertz CT molecular complexity index is 423. The zero-order valence-corrected chi connectivity index (χ0v) is 9.97. The van der Waals surface area contributed by atoms with E-state index in [1.54, 1.807) is 0 Å². The number of hydrogen-bond acceptors (Lipinski definition) is 4. The van der Waals surface area contributed by atoms with E-state index in [1.165, 1.54) is 0 Å². The molecule has 3 rings (SSSR count). The molecule has 0 aromatic heterocycles. The second-order valence-corrected chi connectivity index (χ2v) is 5.09. The van der Waals surface area contributed by atoms with E-state index in [0.717, 1.165) is 24.2 Å². The third-order valence-electron chi connectivity index (χ3n) is 3.94. The predicted octanol–water partition coefficient (Wildman–Crippen LogP) is 0.679. The van der Waals surface area contributed by atoms with Gasteiger partial charge in [-0.3, -0.25) is 0 Å². The SMILES string of the molecule is CB(O)N1C[C@]2(c3ccc(N)cc3)CC1CO2. The van der Waals surface area contributed by atoms with Crippen LogP contribution in [0.4, 0.5) is 5.69 Å². The maximum atomic E-state index is 9.73. The Morgan fingerprint density at radius 1 is 1.47 bits per heavy atom. The molecule has 3 N–H and O–H groups in total. The van der Waals surface area contributed by atoms with Crippen LogP contribution in [0.15, 0.2) is 24.3 Å². The molecule has 2 fully saturated rings. The molecule has 1 aromatic rings. The van der Waals surface area contributed by atoms with Crippen LogP contribution in [0.25, 0.3) is 0 Å². The lowest BCUT2D eigenvalue weighted by Crippen LogP contribution is -2.48. The average Bonchev–Trinajstić information content (AvgIpc) is 2.88. The lowest BCUT2D eigenvalue weighted by Gasteiger charge is -2.33. The van der Waals surface area contributed by atoms with Crippen molar-refractivity contribution in [3.05, 3.63) is 29.8 Å². The van der Waals surface area contributed by atoms with Gasteiger partial charge >= 0.3 is 7.05 Å². The molecule has 17 heavy (non-hydrogen) atoms. The maximum absolute atomic E-state index is 9.73. The molecular weight excluding hydrogens is 215 g/mol. The van der Waals surface area contributed by atoms with Crippen molar-refractivity contribution in [1.29, 1.82) is 0 Å². The van der Waals surface area contributed by atoms with Crippen LogP contribution in [-0.2, 0) is 10.3 Å². The zero-order valence-electron chi connectivity index (χ0n) is 9.97. The minimum atomic E-state index is -0.403. The third-order valence-corrected chi connectivity index (χ3v) is 3.94. The number of anilines is 1. The number of morpholine rings is 1. The van der Waals surface area contributed by atoms with Gasteiger partial charge < -0.3 is 20.3 Å². The molecule has 2 aliphatic rings. The number of nitrogens with zero attached hydrogens (tertiary/aromatic N) is 1. The Morgan fingerprint density at radius 3 is 2.76 bits per heavy atom. The summed E-state index contributed by atoms with van der Waals surface area (Å²) >= 11 is 0. The molecule has 0 spiro atoms. The van der Waals surface area contributed by atoms with E-state index >= 15 is 0 Å². The van der Waals surface area contributed by atoms with Crippen LogP contribution in [0, 0.1) is 0 Å². The van der Waals surface area contributed by atoms with Gasteiger partial charge in [0.15, 0.2) is 0 Å². The van der Waals surface area contributed by atoms with Gasteiger partial charge in [-0.2, -0.15) is 0 Å². The highest BCUT2D eigenvalue weighted by Gasteiger charge is 2.53. The molecule has 1 aromatic carbocycles. The van der Waals surface area contributed by atoms with E-state index in [4.69, 9.17) is 10.5 Å². The van der Waals surface area contributed by atoms with Crippen LogP contribution >= 0.6 is 0 Å². The minimum absolute atomic E-state index is 0.241. The summed E-state index contributed by atoms with van der Waals surface area (Å²) in [6.07, 6.45) is 0.960. The Hall–Kier alpha value is -1.04. The van der Waals surface area contributed by atoms with Crippen molar-refractivity contribution < 1.29 is 9.76 Å². The summed E-state index contributed by atoms with van der Waals surface area (Å²) in [6.45, 7) is 3.28. The van der Waals surface area contributed by atoms with Crippen LogP contribution in [0.2, 0.25) is 6.82 Å². The van der Waals surface area contributed by atoms with E-state index in [-0.39, 0.29) is 5.60 Å². The molecule has 5 heteroatoms. The molecule has 0 saturated carbocycles. The van der Waals surface area contributed by atoms with Gasteiger partial charge in [0.05, 0.1) is 6.61 Å². The van der Waals surface area contributed by atoms with E-state index < -0.39 is 7.05 Å². The van der Waals surface area contributed by atoms with Gasteiger partial charge in [-0.05, 0) is 30.9 Å². The van der Waals surface area contributed by atoms with Gasteiger partial charge in [0.25, 0.3) is 0 Å². The summed E-state index contributed by atoms with van der Waals surface area (Å²) < 4.78 is 5.95. The number of nitrogen functional groups attached to an aromatic ring is 1. The average molecular weight is 232 g/mol. The van der Waals surface area contributed by atoms with Crippen molar-refractivity contribution in [1.82, 2.24) is 4.81 Å². The molecule has 0 radical (unpaired) electrons. The molecule has 2 atom stereocenters. The molecule has 1 unspecified atom stereocenters. The Balaban J connectivity index is 1.90. The van der Waals surface area contributed by atoms with Gasteiger partial charge in [-0.25, -0.2) is 0 Å². The standard InChI is InChI=1S/C12H17BN2O2/c1-13(16)15-8-12(6-11(15)7-17-12)9-2-4-10(14)5-3-9/h2-5,11,16H,6-8,14H2,1H3/t11?,12-/m0/s1. The van der Waals surface area contributed by atoms with Crippen molar-refractivity contribution in [3.8, 4) is 0 Å². The fourth-order valence-electron chi connectivity index (χ4n) is 3.02. The molecule has 2 heterocycles. The lowest BCUT2D eigenvalue weighted by molar-refractivity contribution is -0.0331. The fraction of sp³-hybridized carbons (Fsp3) is 0.500. The van der Waals surface area contributed by atoms with E-state index in [0.29, 0.717) is 12.6 Å². The first-order valence-electron chi connectivity index (χ1n) is 6.04. The fourth-order valence-corrected chi connectivity index (χ4v) is 3.02. The first-order valence-corrected chi connectivity index (χ1v) is 6.04. The largest absolute Gasteiger partial charge is 0.437 e. The molecular formula is C12H17BN2O2. The first kappa shape index (κ1) is 11.1. The molecule has 0 amide bonds. The number of ether oxygens (including phenoxy) is 1. The lowest BCUT2D eigenvalue weighted by atomic mass is 9.83. The second-order valence-electron chi connectivity index (χ2n) is 5.09. The molecule has 2 saturated heterocycles. The van der Waals surface area contributed by atoms with Crippen LogP contribution in [0.3, 0.4) is 0 Å². The van der Waals surface area contributed by atoms with Gasteiger partial charge in [-0.15, -0.1) is 0 Å². The third kappa shape index (κ3) is 1.66. The molecule has 4 nitrogen and oxygen atoms in total. The minimum Gasteiger partial charge on any atom is -0.437 e. The van der Waals surface area contributed by atoms with Crippen LogP contribution in [0.5, 0.6) is 0 Å². The van der Waals surface area contributed by atoms with Crippen molar-refractivity contribution in [2.24, 2.45) is 0 Å². The number of rotatable bonds is 2. The molecule has 2 aliphatic heterocycles. The number of fused-ring (bicyclic) bond motifs is 2. The number of nitrogens with two attached hydrogens (primary N) is 1. The van der Waals surface area contributed by atoms with Crippen LogP contribution in [0.1, 0.15) is 12.0 Å². The monoisotopic (exact) mass is 232 g/mol. The summed E-state index contributed by atoms with van der Waals surface area (Å²) in [4.78, 5) is 2.11. The Labute approximate surface area is 101 Å². The summed E-state index contributed by atoms with van der Waals surface area (Å²) in [5.74, 6) is 0. The summed E-state index contributed by atoms with van der Waals surface area (Å²) in [6, 6.07) is 8.22. The Kier molecular flexibility index (Phi) is 2.43. The summed E-state index contributed by atoms with van der Waals surface area (Å²) in [7, 11) is -0.403. The summed E-state index contributed by atoms with van der Waals surface area (Å²) in [5.41, 5.74) is 7.40. The maximum Gasteiger partial charge on any atom is 0.376 e. The van der Waals surface area contributed by atoms with Crippen molar-refractivity contribution >= 4 is 12.7 Å². The van der Waals surface area contributed by atoms with Crippen LogP contribution in [-0.4, -0.2) is 36.1 Å². The molecule has 0 aliphatic carbocycles. The molecule has 2 bridgehead atoms. The van der Waals surface area contributed by atoms with Crippen molar-refractivity contribution in [2.45, 2.75) is 24.9 Å². The van der Waals surface area contributed by atoms with Crippen molar-refractivity contribution in [3.63, 3.8) is 0 Å². The normalized spacial score (nSPS) is 32.0. The highest BCUT2D eigenvalue weighted by molar-refractivity contribution is 6.45. The van der Waals surface area contributed by atoms with Gasteiger partial charge in [0.2, 0.25) is 0 Å². The second kappa shape index (κ2) is 3.73. The quantitative estimate of drug-likeness (QED) is 0.581. The smallest absolute Gasteiger partial charge is 0.376 e. The van der Waals surface area contributed by atoms with Gasteiger partial charge in [0.1, 0.15) is 5.60 Å².